The quantitative estimate of drug-likeness (QED) is 0.683. The van der Waals surface area contributed by atoms with Crippen LogP contribution in [0.15, 0.2) is 48.5 Å². The Kier molecular flexibility index (Phi) is 4.15. The smallest absolute Gasteiger partial charge is 0.388 e. The minimum absolute atomic E-state index is 0.185. The molecule has 0 aliphatic carbocycles. The van der Waals surface area contributed by atoms with Crippen molar-refractivity contribution >= 4 is 16.6 Å². The summed E-state index contributed by atoms with van der Waals surface area (Å²) in [5.74, 6) is 0. The van der Waals surface area contributed by atoms with E-state index in [1.807, 2.05) is 25.2 Å². The van der Waals surface area contributed by atoms with E-state index >= 15 is 0 Å². The molecule has 26 heavy (non-hydrogen) atoms. The highest BCUT2D eigenvalue weighted by Crippen LogP contribution is 2.37. The van der Waals surface area contributed by atoms with Crippen molar-refractivity contribution in [2.45, 2.75) is 18.6 Å². The molecule has 0 bridgehead atoms. The Labute approximate surface area is 149 Å². The molecule has 3 aromatic rings. The summed E-state index contributed by atoms with van der Waals surface area (Å²) in [6.07, 6.45) is -3.43. The van der Waals surface area contributed by atoms with Gasteiger partial charge < -0.3 is 14.6 Å². The summed E-state index contributed by atoms with van der Waals surface area (Å²) in [7, 11) is 1.86. The average molecular weight is 360 g/mol. The van der Waals surface area contributed by atoms with Gasteiger partial charge in [0.25, 0.3) is 0 Å². The number of hydrogen-bond donors (Lipinski definition) is 1. The van der Waals surface area contributed by atoms with Crippen molar-refractivity contribution in [3.8, 4) is 11.3 Å². The van der Waals surface area contributed by atoms with Gasteiger partial charge in [-0.25, -0.2) is 0 Å². The molecular weight excluding hydrogens is 341 g/mol. The molecule has 1 aliphatic heterocycles. The number of benzene rings is 2. The van der Waals surface area contributed by atoms with Gasteiger partial charge in [-0.05, 0) is 48.4 Å². The van der Waals surface area contributed by atoms with Crippen LogP contribution in [-0.2, 0) is 10.9 Å². The van der Waals surface area contributed by atoms with E-state index in [0.717, 1.165) is 46.4 Å². The van der Waals surface area contributed by atoms with Gasteiger partial charge in [-0.3, -0.25) is 0 Å². The topological polar surface area (TPSA) is 26.2 Å². The number of nitrogens with zero attached hydrogens (tertiary/aromatic N) is 1. The number of halogens is 3. The molecule has 136 valence electrons. The van der Waals surface area contributed by atoms with Gasteiger partial charge in [-0.2, -0.15) is 13.2 Å². The first-order chi connectivity index (χ1) is 12.5. The lowest BCUT2D eigenvalue weighted by Gasteiger charge is -2.17. The molecule has 1 N–H and O–H groups in total. The minimum atomic E-state index is -4.33. The van der Waals surface area contributed by atoms with Crippen molar-refractivity contribution in [2.75, 3.05) is 25.6 Å². The Bertz CT molecular complexity index is 923. The standard InChI is InChI=1S/C20H19F3N2O/c1-24-16-6-7-18-14(10-16)11-19(25(18)17-8-9-26-12-17)13-2-4-15(5-3-13)20(21,22)23/h2-7,10-11,17,24H,8-9,12H2,1H3. The SMILES string of the molecule is CNc1ccc2c(c1)cc(-c1ccc(C(F)(F)F)cc1)n2C1CCOC1. The molecule has 1 unspecified atom stereocenters. The van der Waals surface area contributed by atoms with Crippen LogP contribution in [0.1, 0.15) is 18.0 Å². The van der Waals surface area contributed by atoms with Crippen molar-refractivity contribution in [3.63, 3.8) is 0 Å². The third kappa shape index (κ3) is 2.94. The second-order valence-corrected chi connectivity index (χ2v) is 6.52. The maximum atomic E-state index is 12.9. The van der Waals surface area contributed by atoms with Gasteiger partial charge in [-0.15, -0.1) is 0 Å². The van der Waals surface area contributed by atoms with Gasteiger partial charge in [0.1, 0.15) is 0 Å². The molecule has 0 radical (unpaired) electrons. The van der Waals surface area contributed by atoms with Gasteiger partial charge in [0, 0.05) is 35.9 Å². The summed E-state index contributed by atoms with van der Waals surface area (Å²) in [5, 5.41) is 4.18. The van der Waals surface area contributed by atoms with E-state index in [9.17, 15) is 13.2 Å². The number of rotatable bonds is 3. The molecule has 1 atom stereocenters. The monoisotopic (exact) mass is 360 g/mol. The second kappa shape index (κ2) is 6.36. The van der Waals surface area contributed by atoms with Crippen molar-refractivity contribution in [1.29, 1.82) is 0 Å². The number of nitrogens with one attached hydrogen (secondary N) is 1. The molecule has 4 rings (SSSR count). The van der Waals surface area contributed by atoms with E-state index in [1.165, 1.54) is 0 Å². The fraction of sp³-hybridized carbons (Fsp3) is 0.300. The normalized spacial score (nSPS) is 17.8. The maximum Gasteiger partial charge on any atom is 0.416 e. The van der Waals surface area contributed by atoms with Crippen LogP contribution in [-0.4, -0.2) is 24.8 Å². The lowest BCUT2D eigenvalue weighted by molar-refractivity contribution is -0.137. The zero-order valence-corrected chi connectivity index (χ0v) is 14.3. The zero-order valence-electron chi connectivity index (χ0n) is 14.3. The summed E-state index contributed by atoms with van der Waals surface area (Å²) < 4.78 is 46.4. The molecule has 3 nitrogen and oxygen atoms in total. The molecule has 1 saturated heterocycles. The number of anilines is 1. The fourth-order valence-corrected chi connectivity index (χ4v) is 3.56. The van der Waals surface area contributed by atoms with E-state index in [-0.39, 0.29) is 6.04 Å². The molecule has 0 saturated carbocycles. The van der Waals surface area contributed by atoms with Crippen molar-refractivity contribution in [3.05, 3.63) is 54.1 Å². The Hall–Kier alpha value is -2.47. The highest BCUT2D eigenvalue weighted by molar-refractivity contribution is 5.89. The first-order valence-electron chi connectivity index (χ1n) is 8.55. The molecule has 6 heteroatoms. The molecule has 2 heterocycles. The van der Waals surface area contributed by atoms with Gasteiger partial charge in [0.15, 0.2) is 0 Å². The van der Waals surface area contributed by atoms with Gasteiger partial charge in [0.05, 0.1) is 18.2 Å². The number of alkyl halides is 3. The number of hydrogen-bond acceptors (Lipinski definition) is 2. The molecule has 2 aromatic carbocycles. The van der Waals surface area contributed by atoms with E-state index in [4.69, 9.17) is 4.74 Å². The van der Waals surface area contributed by atoms with Crippen LogP contribution < -0.4 is 5.32 Å². The van der Waals surface area contributed by atoms with Crippen LogP contribution in [0.4, 0.5) is 18.9 Å². The van der Waals surface area contributed by atoms with Crippen LogP contribution in [0, 0.1) is 0 Å². The average Bonchev–Trinajstić information content (AvgIpc) is 3.27. The molecular formula is C20H19F3N2O. The first kappa shape index (κ1) is 17.0. The summed E-state index contributed by atoms with van der Waals surface area (Å²) >= 11 is 0. The molecule has 1 aromatic heterocycles. The summed E-state index contributed by atoms with van der Waals surface area (Å²) in [4.78, 5) is 0. The van der Waals surface area contributed by atoms with Crippen LogP contribution in [0.5, 0.6) is 0 Å². The van der Waals surface area contributed by atoms with Crippen molar-refractivity contribution in [2.24, 2.45) is 0 Å². The Morgan fingerprint density at radius 2 is 1.85 bits per heavy atom. The van der Waals surface area contributed by atoms with E-state index < -0.39 is 11.7 Å². The second-order valence-electron chi connectivity index (χ2n) is 6.52. The van der Waals surface area contributed by atoms with Crippen LogP contribution in [0.2, 0.25) is 0 Å². The third-order valence-corrected chi connectivity index (χ3v) is 4.91. The lowest BCUT2D eigenvalue weighted by Crippen LogP contribution is -2.10. The van der Waals surface area contributed by atoms with Gasteiger partial charge in [-0.1, -0.05) is 12.1 Å². The van der Waals surface area contributed by atoms with Crippen LogP contribution >= 0.6 is 0 Å². The fourth-order valence-electron chi connectivity index (χ4n) is 3.56. The Morgan fingerprint density at radius 3 is 2.46 bits per heavy atom. The number of fused-ring (bicyclic) bond motifs is 1. The highest BCUT2D eigenvalue weighted by Gasteiger charge is 2.30. The summed E-state index contributed by atoms with van der Waals surface area (Å²) in [6, 6.07) is 13.7. The third-order valence-electron chi connectivity index (χ3n) is 4.91. The largest absolute Gasteiger partial charge is 0.416 e. The summed E-state index contributed by atoms with van der Waals surface area (Å²) in [6.45, 7) is 1.32. The van der Waals surface area contributed by atoms with Crippen LogP contribution in [0.25, 0.3) is 22.2 Å². The highest BCUT2D eigenvalue weighted by atomic mass is 19.4. The van der Waals surface area contributed by atoms with Gasteiger partial charge >= 0.3 is 6.18 Å². The number of ether oxygens (including phenoxy) is 1. The predicted octanol–water partition coefficient (Wildman–Crippen LogP) is 5.33. The van der Waals surface area contributed by atoms with Crippen molar-refractivity contribution in [1.82, 2.24) is 4.57 Å². The van der Waals surface area contributed by atoms with E-state index in [1.54, 1.807) is 12.1 Å². The molecule has 1 aliphatic rings. The van der Waals surface area contributed by atoms with E-state index in [2.05, 4.69) is 16.0 Å². The zero-order chi connectivity index (χ0) is 18.3. The van der Waals surface area contributed by atoms with Gasteiger partial charge in [0.2, 0.25) is 0 Å². The van der Waals surface area contributed by atoms with Crippen LogP contribution in [0.3, 0.4) is 0 Å². The van der Waals surface area contributed by atoms with E-state index in [0.29, 0.717) is 13.2 Å². The number of aromatic nitrogens is 1. The summed E-state index contributed by atoms with van der Waals surface area (Å²) in [5.41, 5.74) is 3.11. The lowest BCUT2D eigenvalue weighted by atomic mass is 10.1. The molecule has 1 fully saturated rings. The predicted molar refractivity (Wildman–Crippen MR) is 96.4 cm³/mol. The molecule has 0 amide bonds. The van der Waals surface area contributed by atoms with Crippen molar-refractivity contribution < 1.29 is 17.9 Å². The molecule has 0 spiro atoms. The first-order valence-corrected chi connectivity index (χ1v) is 8.55. The Morgan fingerprint density at radius 1 is 1.08 bits per heavy atom. The maximum absolute atomic E-state index is 12.9. The Balaban J connectivity index is 1.86. The minimum Gasteiger partial charge on any atom is -0.388 e.